The molecule has 0 radical (unpaired) electrons. The smallest absolute Gasteiger partial charge is 0.315 e. The van der Waals surface area contributed by atoms with Gasteiger partial charge in [-0.15, -0.1) is 0 Å². The van der Waals surface area contributed by atoms with Crippen molar-refractivity contribution >= 4 is 6.03 Å². The van der Waals surface area contributed by atoms with E-state index in [0.717, 1.165) is 17.5 Å². The number of fused-ring (bicyclic) bond motifs is 1. The Morgan fingerprint density at radius 1 is 1.08 bits per heavy atom. The summed E-state index contributed by atoms with van der Waals surface area (Å²) in [5.74, 6) is 0.562. The zero-order valence-electron chi connectivity index (χ0n) is 14.2. The van der Waals surface area contributed by atoms with E-state index in [1.54, 1.807) is 0 Å². The minimum Gasteiger partial charge on any atom is -0.390 e. The zero-order chi connectivity index (χ0) is 17.2. The summed E-state index contributed by atoms with van der Waals surface area (Å²) in [5.41, 5.74) is 3.38. The fourth-order valence-electron chi connectivity index (χ4n) is 3.80. The van der Waals surface area contributed by atoms with Gasteiger partial charge in [-0.1, -0.05) is 54.6 Å². The van der Waals surface area contributed by atoms with Crippen molar-refractivity contribution in [2.24, 2.45) is 5.92 Å². The summed E-state index contributed by atoms with van der Waals surface area (Å²) in [7, 11) is 0. The average Bonchev–Trinajstić information content (AvgIpc) is 3.41. The summed E-state index contributed by atoms with van der Waals surface area (Å²) in [6.45, 7) is 0. The lowest BCUT2D eigenvalue weighted by Gasteiger charge is -2.23. The maximum Gasteiger partial charge on any atom is 0.315 e. The number of nitrogens with one attached hydrogen (secondary N) is 2. The van der Waals surface area contributed by atoms with Crippen molar-refractivity contribution in [2.45, 2.75) is 43.9 Å². The summed E-state index contributed by atoms with van der Waals surface area (Å²) in [5, 5.41) is 16.4. The van der Waals surface area contributed by atoms with Crippen molar-refractivity contribution in [3.63, 3.8) is 0 Å². The number of amides is 2. The van der Waals surface area contributed by atoms with Gasteiger partial charge in [0.25, 0.3) is 0 Å². The average molecular weight is 336 g/mol. The number of hydrogen-bond donors (Lipinski definition) is 3. The number of aliphatic hydroxyl groups is 1. The zero-order valence-corrected chi connectivity index (χ0v) is 14.2. The third-order valence-electron chi connectivity index (χ3n) is 5.30. The molecule has 2 aliphatic rings. The van der Waals surface area contributed by atoms with Gasteiger partial charge >= 0.3 is 6.03 Å². The highest BCUT2D eigenvalue weighted by Gasteiger charge is 2.35. The molecule has 2 aliphatic carbocycles. The van der Waals surface area contributed by atoms with Crippen LogP contribution in [-0.2, 0) is 12.8 Å². The Morgan fingerprint density at radius 2 is 1.80 bits per heavy atom. The quantitative estimate of drug-likeness (QED) is 0.786. The molecule has 2 aromatic carbocycles. The molecular weight excluding hydrogens is 312 g/mol. The van der Waals surface area contributed by atoms with Crippen LogP contribution in [0.15, 0.2) is 54.6 Å². The summed E-state index contributed by atoms with van der Waals surface area (Å²) < 4.78 is 0. The van der Waals surface area contributed by atoms with Gasteiger partial charge in [0.1, 0.15) is 0 Å². The molecule has 1 saturated carbocycles. The van der Waals surface area contributed by atoms with Crippen LogP contribution in [0, 0.1) is 5.92 Å². The normalized spacial score (nSPS) is 22.9. The van der Waals surface area contributed by atoms with E-state index in [1.807, 2.05) is 42.5 Å². The fraction of sp³-hybridized carbons (Fsp3) is 0.381. The van der Waals surface area contributed by atoms with Gasteiger partial charge in [-0.2, -0.15) is 0 Å². The van der Waals surface area contributed by atoms with Crippen molar-refractivity contribution in [1.29, 1.82) is 0 Å². The predicted molar refractivity (Wildman–Crippen MR) is 97.2 cm³/mol. The van der Waals surface area contributed by atoms with Gasteiger partial charge in [-0.25, -0.2) is 4.79 Å². The number of aliphatic hydroxyl groups excluding tert-OH is 1. The number of hydrogen-bond acceptors (Lipinski definition) is 2. The molecule has 4 rings (SSSR count). The van der Waals surface area contributed by atoms with Gasteiger partial charge in [-0.3, -0.25) is 0 Å². The second-order valence-electron chi connectivity index (χ2n) is 7.20. The van der Waals surface area contributed by atoms with E-state index in [4.69, 9.17) is 0 Å². The molecule has 3 N–H and O–H groups in total. The Hall–Kier alpha value is -2.33. The molecule has 0 heterocycles. The number of carbonyl (C=O) groups is 1. The minimum atomic E-state index is -0.559. The first-order valence-corrected chi connectivity index (χ1v) is 9.07. The molecule has 2 amide bonds. The molecule has 0 bridgehead atoms. The largest absolute Gasteiger partial charge is 0.390 e. The first-order chi connectivity index (χ1) is 12.2. The molecule has 0 spiro atoms. The standard InChI is InChI=1S/C21H24N2O2/c24-19-13-16-8-4-5-9-17(16)20(19)23-21(25)22-18(15-10-11-15)12-14-6-2-1-3-7-14/h1-9,15,18-20,24H,10-13H2,(H2,22,23,25). The molecule has 3 atom stereocenters. The van der Waals surface area contributed by atoms with Gasteiger partial charge in [0, 0.05) is 12.5 Å². The minimum absolute atomic E-state index is 0.149. The molecule has 0 aromatic heterocycles. The number of rotatable bonds is 5. The SMILES string of the molecule is O=C(NC(Cc1ccccc1)C1CC1)NC1c2ccccc2CC1O. The Bertz CT molecular complexity index is 743. The molecule has 0 saturated heterocycles. The van der Waals surface area contributed by atoms with E-state index in [0.29, 0.717) is 12.3 Å². The number of urea groups is 1. The summed E-state index contributed by atoms with van der Waals surface area (Å²) in [6.07, 6.45) is 3.23. The highest BCUT2D eigenvalue weighted by atomic mass is 16.3. The monoisotopic (exact) mass is 336 g/mol. The van der Waals surface area contributed by atoms with Crippen molar-refractivity contribution in [2.75, 3.05) is 0 Å². The number of carbonyl (C=O) groups excluding carboxylic acids is 1. The van der Waals surface area contributed by atoms with Crippen molar-refractivity contribution in [1.82, 2.24) is 10.6 Å². The Morgan fingerprint density at radius 3 is 2.56 bits per heavy atom. The molecule has 4 nitrogen and oxygen atoms in total. The Balaban J connectivity index is 1.41. The van der Waals surface area contributed by atoms with Crippen LogP contribution < -0.4 is 10.6 Å². The lowest BCUT2D eigenvalue weighted by Crippen LogP contribution is -2.46. The molecule has 3 unspecified atom stereocenters. The van der Waals surface area contributed by atoms with Crippen molar-refractivity contribution in [3.05, 3.63) is 71.3 Å². The maximum absolute atomic E-state index is 12.6. The first-order valence-electron chi connectivity index (χ1n) is 9.07. The van der Waals surface area contributed by atoms with Crippen molar-refractivity contribution in [3.8, 4) is 0 Å². The fourth-order valence-corrected chi connectivity index (χ4v) is 3.80. The van der Waals surface area contributed by atoms with Gasteiger partial charge in [0.15, 0.2) is 0 Å². The molecule has 0 aliphatic heterocycles. The molecular formula is C21H24N2O2. The van der Waals surface area contributed by atoms with E-state index >= 15 is 0 Å². The van der Waals surface area contributed by atoms with E-state index < -0.39 is 6.10 Å². The van der Waals surface area contributed by atoms with Gasteiger partial charge in [-0.05, 0) is 41.9 Å². The van der Waals surface area contributed by atoms with Crippen LogP contribution in [0.2, 0.25) is 0 Å². The lowest BCUT2D eigenvalue weighted by molar-refractivity contribution is 0.141. The van der Waals surface area contributed by atoms with Crippen molar-refractivity contribution < 1.29 is 9.90 Å². The van der Waals surface area contributed by atoms with Crippen LogP contribution in [0.3, 0.4) is 0 Å². The van der Waals surface area contributed by atoms with Crippen LogP contribution in [0.25, 0.3) is 0 Å². The lowest BCUT2D eigenvalue weighted by atomic mass is 10.0. The van der Waals surface area contributed by atoms with E-state index in [-0.39, 0.29) is 18.1 Å². The molecule has 130 valence electrons. The third-order valence-corrected chi connectivity index (χ3v) is 5.30. The van der Waals surface area contributed by atoms with Crippen LogP contribution in [0.5, 0.6) is 0 Å². The highest BCUT2D eigenvalue weighted by molar-refractivity contribution is 5.75. The molecule has 2 aromatic rings. The third kappa shape index (κ3) is 3.69. The van der Waals surface area contributed by atoms with Crippen LogP contribution in [0.1, 0.15) is 35.6 Å². The van der Waals surface area contributed by atoms with Gasteiger partial charge < -0.3 is 15.7 Å². The summed E-state index contributed by atoms with van der Waals surface area (Å²) in [6, 6.07) is 17.8. The van der Waals surface area contributed by atoms with Crippen LogP contribution in [-0.4, -0.2) is 23.3 Å². The maximum atomic E-state index is 12.6. The summed E-state index contributed by atoms with van der Waals surface area (Å²) >= 11 is 0. The van der Waals surface area contributed by atoms with Gasteiger partial charge in [0.05, 0.1) is 12.1 Å². The van der Waals surface area contributed by atoms with Crippen LogP contribution in [0.4, 0.5) is 4.79 Å². The van der Waals surface area contributed by atoms with Crippen LogP contribution >= 0.6 is 0 Å². The second-order valence-corrected chi connectivity index (χ2v) is 7.20. The predicted octanol–water partition coefficient (Wildman–Crippen LogP) is 2.97. The van der Waals surface area contributed by atoms with Gasteiger partial charge in [0.2, 0.25) is 0 Å². The molecule has 25 heavy (non-hydrogen) atoms. The van der Waals surface area contributed by atoms with E-state index in [9.17, 15) is 9.90 Å². The highest BCUT2D eigenvalue weighted by Crippen LogP contribution is 2.34. The second kappa shape index (κ2) is 6.89. The number of benzene rings is 2. The van der Waals surface area contributed by atoms with E-state index in [2.05, 4.69) is 22.8 Å². The van der Waals surface area contributed by atoms with E-state index in [1.165, 1.54) is 18.4 Å². The summed E-state index contributed by atoms with van der Waals surface area (Å²) in [4.78, 5) is 12.6. The Labute approximate surface area is 148 Å². The topological polar surface area (TPSA) is 61.4 Å². The molecule has 4 heteroatoms. The Kier molecular flexibility index (Phi) is 4.45. The first kappa shape index (κ1) is 16.2. The molecule has 1 fully saturated rings.